The summed E-state index contributed by atoms with van der Waals surface area (Å²) >= 11 is 1.31. The summed E-state index contributed by atoms with van der Waals surface area (Å²) in [5.41, 5.74) is 0.424. The Hall–Kier alpha value is -2.57. The van der Waals surface area contributed by atoms with E-state index in [1.54, 1.807) is 18.2 Å². The number of hydrogen-bond donors (Lipinski definition) is 0. The molecular formula is C15H12N2O7S3. The maximum atomic E-state index is 12.9. The van der Waals surface area contributed by atoms with E-state index in [0.717, 1.165) is 24.5 Å². The maximum absolute atomic E-state index is 12.9. The lowest BCUT2D eigenvalue weighted by Crippen LogP contribution is -2.03. The van der Waals surface area contributed by atoms with Gasteiger partial charge in [-0.2, -0.15) is 0 Å². The minimum atomic E-state index is -4.29. The predicted molar refractivity (Wildman–Crippen MR) is 98.6 cm³/mol. The molecule has 0 aliphatic carbocycles. The van der Waals surface area contributed by atoms with Crippen molar-refractivity contribution < 1.29 is 27.6 Å². The molecule has 0 fully saturated rings. The molecule has 0 saturated carbocycles. The van der Waals surface area contributed by atoms with E-state index in [4.69, 9.17) is 4.74 Å². The molecule has 0 atom stereocenters. The second-order valence-corrected chi connectivity index (χ2v) is 9.23. The Kier molecular flexibility index (Phi) is 5.13. The van der Waals surface area contributed by atoms with Crippen molar-refractivity contribution in [3.05, 3.63) is 39.3 Å². The highest BCUT2D eigenvalue weighted by Crippen LogP contribution is 2.39. The first kappa shape index (κ1) is 19.2. The highest BCUT2D eigenvalue weighted by molar-refractivity contribution is 7.93. The summed E-state index contributed by atoms with van der Waals surface area (Å²) in [6.45, 7) is 2.27. The van der Waals surface area contributed by atoms with Gasteiger partial charge in [-0.15, -0.1) is 11.3 Å². The van der Waals surface area contributed by atoms with Gasteiger partial charge in [0.1, 0.15) is 10.6 Å². The molecule has 9 nitrogen and oxygen atoms in total. The molecule has 27 heavy (non-hydrogen) atoms. The van der Waals surface area contributed by atoms with Gasteiger partial charge in [0.15, 0.2) is 4.90 Å². The van der Waals surface area contributed by atoms with Crippen LogP contribution in [0, 0.1) is 10.1 Å². The molecule has 0 radical (unpaired) electrons. The number of thiophene rings is 1. The monoisotopic (exact) mass is 428 g/mol. The van der Waals surface area contributed by atoms with Crippen molar-refractivity contribution in [2.75, 3.05) is 13.7 Å². The molecule has 0 saturated heterocycles. The number of carbonyl (C=O) groups is 1. The molecule has 2 aromatic heterocycles. The standard InChI is InChI=1S/C15H12N2O7S3/c1-3-24-8-4-5-9-10(6-8)26-15(16-9)27(21,22)12-7-11(14(18)23-2)25-13(12)17(19)20/h4-7H,3H2,1-2H3. The average molecular weight is 428 g/mol. The number of thiazole rings is 1. The van der Waals surface area contributed by atoms with Gasteiger partial charge in [-0.05, 0) is 31.2 Å². The van der Waals surface area contributed by atoms with Gasteiger partial charge in [0.25, 0.3) is 0 Å². The molecule has 3 rings (SSSR count). The summed E-state index contributed by atoms with van der Waals surface area (Å²) in [5.74, 6) is -0.290. The Morgan fingerprint density at radius 2 is 2.04 bits per heavy atom. The van der Waals surface area contributed by atoms with Crippen LogP contribution in [0.25, 0.3) is 10.2 Å². The minimum absolute atomic E-state index is 0.178. The number of sulfone groups is 1. The SMILES string of the molecule is CCOc1ccc2nc(S(=O)(=O)c3cc(C(=O)OC)sc3[N+](=O)[O-])sc2c1. The summed E-state index contributed by atoms with van der Waals surface area (Å²) in [5, 5.41) is 10.6. The van der Waals surface area contributed by atoms with Gasteiger partial charge in [0.05, 0.1) is 28.9 Å². The lowest BCUT2D eigenvalue weighted by molar-refractivity contribution is -0.383. The molecule has 0 N–H and O–H groups in total. The molecule has 0 aliphatic heterocycles. The van der Waals surface area contributed by atoms with Crippen molar-refractivity contribution in [2.45, 2.75) is 16.2 Å². The van der Waals surface area contributed by atoms with Crippen LogP contribution in [0.15, 0.2) is 33.5 Å². The third-order valence-electron chi connectivity index (χ3n) is 3.40. The normalized spacial score (nSPS) is 11.5. The molecular weight excluding hydrogens is 416 g/mol. The lowest BCUT2D eigenvalue weighted by Gasteiger charge is -2.00. The summed E-state index contributed by atoms with van der Waals surface area (Å²) in [7, 11) is -3.19. The maximum Gasteiger partial charge on any atom is 0.348 e. The Balaban J connectivity index is 2.13. The van der Waals surface area contributed by atoms with E-state index in [1.807, 2.05) is 6.92 Å². The van der Waals surface area contributed by atoms with E-state index < -0.39 is 30.6 Å². The van der Waals surface area contributed by atoms with E-state index in [1.165, 1.54) is 0 Å². The molecule has 12 heteroatoms. The zero-order chi connectivity index (χ0) is 19.8. The number of nitro groups is 1. The number of aromatic nitrogens is 1. The smallest absolute Gasteiger partial charge is 0.348 e. The van der Waals surface area contributed by atoms with E-state index in [0.29, 0.717) is 33.9 Å². The molecule has 0 unspecified atom stereocenters. The second-order valence-electron chi connectivity index (χ2n) is 5.07. The van der Waals surface area contributed by atoms with Crippen LogP contribution < -0.4 is 4.74 Å². The summed E-state index contributed by atoms with van der Waals surface area (Å²) in [4.78, 5) is 25.4. The van der Waals surface area contributed by atoms with E-state index in [9.17, 15) is 23.3 Å². The zero-order valence-corrected chi connectivity index (χ0v) is 16.4. The van der Waals surface area contributed by atoms with Gasteiger partial charge >= 0.3 is 11.0 Å². The minimum Gasteiger partial charge on any atom is -0.494 e. The summed E-state index contributed by atoms with van der Waals surface area (Å²) in [6, 6.07) is 5.86. The lowest BCUT2D eigenvalue weighted by atomic mass is 10.3. The first-order valence-electron chi connectivity index (χ1n) is 7.43. The molecule has 0 bridgehead atoms. The van der Waals surface area contributed by atoms with Crippen LogP contribution in [0.1, 0.15) is 16.6 Å². The summed E-state index contributed by atoms with van der Waals surface area (Å²) < 4.78 is 36.0. The van der Waals surface area contributed by atoms with Crippen LogP contribution in [0.2, 0.25) is 0 Å². The Bertz CT molecular complexity index is 1150. The number of hydrogen-bond acceptors (Lipinski definition) is 10. The Morgan fingerprint density at radius 1 is 1.30 bits per heavy atom. The number of methoxy groups -OCH3 is 1. The largest absolute Gasteiger partial charge is 0.494 e. The molecule has 0 aliphatic rings. The van der Waals surface area contributed by atoms with E-state index in [-0.39, 0.29) is 9.22 Å². The average Bonchev–Trinajstić information content (AvgIpc) is 3.26. The zero-order valence-electron chi connectivity index (χ0n) is 14.0. The van der Waals surface area contributed by atoms with Crippen LogP contribution in [-0.4, -0.2) is 38.0 Å². The van der Waals surface area contributed by atoms with Gasteiger partial charge in [-0.3, -0.25) is 10.1 Å². The number of benzene rings is 1. The van der Waals surface area contributed by atoms with Crippen LogP contribution >= 0.6 is 22.7 Å². The number of nitrogens with zero attached hydrogens (tertiary/aromatic N) is 2. The van der Waals surface area contributed by atoms with Crippen LogP contribution in [0.5, 0.6) is 5.75 Å². The van der Waals surface area contributed by atoms with Crippen LogP contribution in [0.3, 0.4) is 0 Å². The molecule has 0 spiro atoms. The van der Waals surface area contributed by atoms with Crippen molar-refractivity contribution in [2.24, 2.45) is 0 Å². The number of ether oxygens (including phenoxy) is 2. The first-order valence-corrected chi connectivity index (χ1v) is 10.5. The number of esters is 1. The van der Waals surface area contributed by atoms with Crippen molar-refractivity contribution in [3.8, 4) is 5.75 Å². The molecule has 142 valence electrons. The fourth-order valence-corrected chi connectivity index (χ4v) is 6.24. The van der Waals surface area contributed by atoms with Crippen molar-refractivity contribution in [1.29, 1.82) is 0 Å². The van der Waals surface area contributed by atoms with Crippen molar-refractivity contribution in [3.63, 3.8) is 0 Å². The second kappa shape index (κ2) is 7.21. The number of rotatable bonds is 6. The number of fused-ring (bicyclic) bond motifs is 1. The molecule has 3 aromatic rings. The Morgan fingerprint density at radius 3 is 2.67 bits per heavy atom. The van der Waals surface area contributed by atoms with Crippen molar-refractivity contribution >= 4 is 53.7 Å². The quantitative estimate of drug-likeness (QED) is 0.333. The van der Waals surface area contributed by atoms with Crippen LogP contribution in [0.4, 0.5) is 5.00 Å². The highest BCUT2D eigenvalue weighted by Gasteiger charge is 2.35. The van der Waals surface area contributed by atoms with Gasteiger partial charge in [0.2, 0.25) is 14.2 Å². The van der Waals surface area contributed by atoms with Gasteiger partial charge in [-0.1, -0.05) is 11.3 Å². The fraction of sp³-hybridized carbons (Fsp3) is 0.200. The van der Waals surface area contributed by atoms with E-state index in [2.05, 4.69) is 9.72 Å². The Labute approximate surface area is 161 Å². The van der Waals surface area contributed by atoms with Crippen molar-refractivity contribution in [1.82, 2.24) is 4.98 Å². The number of carbonyl (C=O) groups excluding carboxylic acids is 1. The van der Waals surface area contributed by atoms with Crippen LogP contribution in [-0.2, 0) is 14.6 Å². The van der Waals surface area contributed by atoms with Gasteiger partial charge in [-0.25, -0.2) is 18.2 Å². The highest BCUT2D eigenvalue weighted by atomic mass is 32.2. The molecule has 2 heterocycles. The van der Waals surface area contributed by atoms with E-state index >= 15 is 0 Å². The third kappa shape index (κ3) is 3.50. The fourth-order valence-electron chi connectivity index (χ4n) is 2.23. The van der Waals surface area contributed by atoms with Gasteiger partial charge in [0, 0.05) is 0 Å². The molecule has 1 aromatic carbocycles. The topological polar surface area (TPSA) is 126 Å². The third-order valence-corrected chi connectivity index (χ3v) is 7.76. The first-order chi connectivity index (χ1) is 12.8. The summed E-state index contributed by atoms with van der Waals surface area (Å²) in [6.07, 6.45) is 0. The molecule has 0 amide bonds. The van der Waals surface area contributed by atoms with Gasteiger partial charge < -0.3 is 9.47 Å². The predicted octanol–water partition coefficient (Wildman–Crippen LogP) is 3.28.